The normalized spacial score (nSPS) is 10.8. The number of allylic oxidation sites excluding steroid dienone is 2. The summed E-state index contributed by atoms with van der Waals surface area (Å²) in [6.45, 7) is 6.50. The fourth-order valence-corrected chi connectivity index (χ4v) is 1.43. The van der Waals surface area contributed by atoms with Gasteiger partial charge in [0.05, 0.1) is 0 Å². The molecule has 0 aromatic heterocycles. The van der Waals surface area contributed by atoms with E-state index in [1.165, 1.54) is 16.7 Å². The summed E-state index contributed by atoms with van der Waals surface area (Å²) < 4.78 is 0. The Morgan fingerprint density at radius 3 is 2.46 bits per heavy atom. The molecule has 0 N–H and O–H groups in total. The zero-order valence-corrected chi connectivity index (χ0v) is 8.09. The minimum atomic E-state index is 0. The number of rotatable bonds is 2. The molecule has 1 rings (SSSR count). The lowest BCUT2D eigenvalue weighted by Crippen LogP contribution is -1.83. The highest BCUT2D eigenvalue weighted by Gasteiger charge is 1.96. The largest absolute Gasteiger partial charge is 0.0813 e. The first-order valence-corrected chi connectivity index (χ1v) is 4.48. The van der Waals surface area contributed by atoms with E-state index < -0.39 is 0 Å². The van der Waals surface area contributed by atoms with Crippen LogP contribution >= 0.6 is 0 Å². The molecule has 0 aliphatic heterocycles. The average Bonchev–Trinajstić information content (AvgIpc) is 2.05. The molecule has 0 aliphatic rings. The molecule has 0 nitrogen and oxygen atoms in total. The van der Waals surface area contributed by atoms with Gasteiger partial charge < -0.3 is 0 Å². The second kappa shape index (κ2) is 5.58. The monoisotopic (exact) mass is 176 g/mol. The zero-order chi connectivity index (χ0) is 8.97. The number of hydrogen-bond acceptors (Lipinski definition) is 0. The molecule has 1 aromatic carbocycles. The van der Waals surface area contributed by atoms with E-state index in [1.54, 1.807) is 0 Å². The molecule has 0 amide bonds. The van der Waals surface area contributed by atoms with Crippen molar-refractivity contribution in [3.8, 4) is 0 Å². The number of hydrogen-bond donors (Lipinski definition) is 0. The topological polar surface area (TPSA) is 0 Å². The highest BCUT2D eigenvalue weighted by Crippen LogP contribution is 2.17. The third-order valence-corrected chi connectivity index (χ3v) is 2.08. The van der Waals surface area contributed by atoms with Crippen LogP contribution in [-0.4, -0.2) is 0 Å². The van der Waals surface area contributed by atoms with Crippen molar-refractivity contribution in [1.29, 1.82) is 0 Å². The van der Waals surface area contributed by atoms with Gasteiger partial charge in [-0.05, 0) is 37.0 Å². The second-order valence-corrected chi connectivity index (χ2v) is 3.11. The summed E-state index contributed by atoms with van der Waals surface area (Å²) in [5, 5.41) is 0. The fourth-order valence-electron chi connectivity index (χ4n) is 1.43. The molecule has 0 fully saturated rings. The van der Waals surface area contributed by atoms with Crippen LogP contribution in [0.1, 0.15) is 38.8 Å². The van der Waals surface area contributed by atoms with Crippen LogP contribution in [-0.2, 0) is 0 Å². The van der Waals surface area contributed by atoms with E-state index in [0.717, 1.165) is 6.42 Å². The maximum atomic E-state index is 2.27. The van der Waals surface area contributed by atoms with Crippen LogP contribution in [0.5, 0.6) is 0 Å². The Labute approximate surface area is 82.3 Å². The highest BCUT2D eigenvalue weighted by molar-refractivity contribution is 5.66. The third-order valence-electron chi connectivity index (χ3n) is 2.08. The van der Waals surface area contributed by atoms with Gasteiger partial charge in [0.1, 0.15) is 0 Å². The summed E-state index contributed by atoms with van der Waals surface area (Å²) >= 11 is 0. The van der Waals surface area contributed by atoms with Gasteiger partial charge in [0.2, 0.25) is 0 Å². The van der Waals surface area contributed by atoms with Gasteiger partial charge in [-0.3, -0.25) is 0 Å². The molecule has 0 saturated heterocycles. The zero-order valence-electron chi connectivity index (χ0n) is 8.09. The van der Waals surface area contributed by atoms with E-state index in [-0.39, 0.29) is 7.43 Å². The van der Waals surface area contributed by atoms with Crippen LogP contribution < -0.4 is 0 Å². The summed E-state index contributed by atoms with van der Waals surface area (Å²) in [7, 11) is 0. The van der Waals surface area contributed by atoms with Gasteiger partial charge >= 0.3 is 0 Å². The molecule has 0 saturated carbocycles. The van der Waals surface area contributed by atoms with E-state index >= 15 is 0 Å². The van der Waals surface area contributed by atoms with E-state index in [4.69, 9.17) is 0 Å². The predicted octanol–water partition coefficient (Wildman–Crippen LogP) is 4.44. The summed E-state index contributed by atoms with van der Waals surface area (Å²) in [6.07, 6.45) is 3.38. The first-order chi connectivity index (χ1) is 5.75. The van der Waals surface area contributed by atoms with Crippen molar-refractivity contribution in [2.24, 2.45) is 0 Å². The van der Waals surface area contributed by atoms with Crippen LogP contribution in [0, 0.1) is 6.92 Å². The molecule has 0 atom stereocenters. The molecule has 0 spiro atoms. The van der Waals surface area contributed by atoms with Gasteiger partial charge in [-0.1, -0.05) is 44.7 Å². The van der Waals surface area contributed by atoms with Crippen LogP contribution in [0.3, 0.4) is 0 Å². The fraction of sp³-hybridized carbons (Fsp3) is 0.385. The van der Waals surface area contributed by atoms with Crippen LogP contribution in [0.25, 0.3) is 5.57 Å². The molecule has 13 heavy (non-hydrogen) atoms. The summed E-state index contributed by atoms with van der Waals surface area (Å²) in [6, 6.07) is 8.51. The van der Waals surface area contributed by atoms with Crippen molar-refractivity contribution >= 4 is 5.57 Å². The standard InChI is InChI=1S/C12H16.CH4/c1-4-7-10(2)12-9-6-5-8-11(12)3;/h5-9H,4H2,1-3H3;1H4/b10-7-;. The SMILES string of the molecule is C.CC/C=C(/C)c1ccccc1C. The molecule has 0 unspecified atom stereocenters. The molecule has 72 valence electrons. The van der Waals surface area contributed by atoms with Gasteiger partial charge in [-0.2, -0.15) is 0 Å². The van der Waals surface area contributed by atoms with Crippen LogP contribution in [0.2, 0.25) is 0 Å². The molecular weight excluding hydrogens is 156 g/mol. The van der Waals surface area contributed by atoms with Crippen LogP contribution in [0.15, 0.2) is 30.3 Å². The second-order valence-electron chi connectivity index (χ2n) is 3.11. The Bertz CT molecular complexity index is 282. The van der Waals surface area contributed by atoms with Gasteiger partial charge in [0, 0.05) is 0 Å². The Morgan fingerprint density at radius 1 is 1.31 bits per heavy atom. The lowest BCUT2D eigenvalue weighted by atomic mass is 10.0. The molecule has 0 heterocycles. The number of benzene rings is 1. The van der Waals surface area contributed by atoms with Crippen molar-refractivity contribution in [1.82, 2.24) is 0 Å². The van der Waals surface area contributed by atoms with Gasteiger partial charge in [0.25, 0.3) is 0 Å². The average molecular weight is 176 g/mol. The minimum absolute atomic E-state index is 0. The molecular formula is C13H20. The molecule has 1 aromatic rings. The smallest absolute Gasteiger partial charge is 0.0201 e. The molecule has 0 radical (unpaired) electrons. The first-order valence-electron chi connectivity index (χ1n) is 4.48. The van der Waals surface area contributed by atoms with Crippen molar-refractivity contribution in [3.63, 3.8) is 0 Å². The summed E-state index contributed by atoms with van der Waals surface area (Å²) in [5.41, 5.74) is 4.12. The Hall–Kier alpha value is -1.04. The third kappa shape index (κ3) is 3.06. The van der Waals surface area contributed by atoms with Gasteiger partial charge in [-0.25, -0.2) is 0 Å². The van der Waals surface area contributed by atoms with Crippen molar-refractivity contribution < 1.29 is 0 Å². The van der Waals surface area contributed by atoms with Crippen molar-refractivity contribution in [2.45, 2.75) is 34.6 Å². The first kappa shape index (κ1) is 12.0. The lowest BCUT2D eigenvalue weighted by molar-refractivity contribution is 1.22. The predicted molar refractivity (Wildman–Crippen MR) is 61.9 cm³/mol. The summed E-state index contributed by atoms with van der Waals surface area (Å²) in [4.78, 5) is 0. The maximum absolute atomic E-state index is 2.27. The summed E-state index contributed by atoms with van der Waals surface area (Å²) in [5.74, 6) is 0. The van der Waals surface area contributed by atoms with E-state index in [9.17, 15) is 0 Å². The number of aryl methyl sites for hydroxylation is 1. The van der Waals surface area contributed by atoms with Gasteiger partial charge in [0.15, 0.2) is 0 Å². The molecule has 0 aliphatic carbocycles. The van der Waals surface area contributed by atoms with Gasteiger partial charge in [-0.15, -0.1) is 0 Å². The maximum Gasteiger partial charge on any atom is -0.0201 e. The quantitative estimate of drug-likeness (QED) is 0.624. The Kier molecular flexibility index (Phi) is 5.13. The molecule has 0 bridgehead atoms. The highest BCUT2D eigenvalue weighted by atomic mass is 14.0. The Morgan fingerprint density at radius 2 is 1.92 bits per heavy atom. The van der Waals surface area contributed by atoms with E-state index in [1.807, 2.05) is 0 Å². The van der Waals surface area contributed by atoms with E-state index in [0.29, 0.717) is 0 Å². The van der Waals surface area contributed by atoms with E-state index in [2.05, 4.69) is 51.1 Å². The minimum Gasteiger partial charge on any atom is -0.0813 e. The van der Waals surface area contributed by atoms with Crippen LogP contribution in [0.4, 0.5) is 0 Å². The van der Waals surface area contributed by atoms with Crippen molar-refractivity contribution in [2.75, 3.05) is 0 Å². The lowest BCUT2D eigenvalue weighted by Gasteiger charge is -2.04. The molecule has 0 heteroatoms. The van der Waals surface area contributed by atoms with Crippen molar-refractivity contribution in [3.05, 3.63) is 41.5 Å². The Balaban J connectivity index is 0.00000144.